The molecule has 1 unspecified atom stereocenters. The van der Waals surface area contributed by atoms with Crippen molar-refractivity contribution in [1.29, 1.82) is 0 Å². The molecule has 5 rings (SSSR count). The molecule has 2 aromatic carbocycles. The summed E-state index contributed by atoms with van der Waals surface area (Å²) in [5.74, 6) is 0.195. The van der Waals surface area contributed by atoms with Crippen molar-refractivity contribution in [2.45, 2.75) is 48.1 Å². The van der Waals surface area contributed by atoms with Gasteiger partial charge in [-0.1, -0.05) is 18.2 Å². The molecule has 3 heterocycles. The fraction of sp³-hybridized carbons (Fsp3) is 0.391. The summed E-state index contributed by atoms with van der Waals surface area (Å²) in [5.41, 5.74) is 1.81. The van der Waals surface area contributed by atoms with Crippen LogP contribution in [0.1, 0.15) is 37.3 Å². The van der Waals surface area contributed by atoms with Gasteiger partial charge >= 0.3 is 5.76 Å². The highest BCUT2D eigenvalue weighted by atomic mass is 32.2. The van der Waals surface area contributed by atoms with E-state index in [1.54, 1.807) is 17.8 Å². The van der Waals surface area contributed by atoms with Crippen molar-refractivity contribution >= 4 is 38.8 Å². The molecule has 0 spiro atoms. The highest BCUT2D eigenvalue weighted by Gasteiger charge is 2.28. The van der Waals surface area contributed by atoms with Crippen LogP contribution >= 0.6 is 11.8 Å². The van der Waals surface area contributed by atoms with Crippen LogP contribution in [-0.2, 0) is 21.4 Å². The number of aryl methyl sites for hydroxylation is 1. The zero-order valence-electron chi connectivity index (χ0n) is 18.0. The average Bonchev–Trinajstić information content (AvgIpc) is 3.46. The number of hydrogen-bond acceptors (Lipinski definition) is 6. The highest BCUT2D eigenvalue weighted by Crippen LogP contribution is 2.35. The molecule has 1 aromatic heterocycles. The number of nitrogens with zero attached hydrogens (tertiary/aromatic N) is 2. The first-order valence-electron chi connectivity index (χ1n) is 11.1. The lowest BCUT2D eigenvalue weighted by Gasteiger charge is -2.25. The number of sulfonamides is 1. The maximum absolute atomic E-state index is 12.8. The number of amides is 1. The average molecular weight is 488 g/mol. The largest absolute Gasteiger partial charge is 0.419 e. The summed E-state index contributed by atoms with van der Waals surface area (Å²) in [4.78, 5) is 26.4. The summed E-state index contributed by atoms with van der Waals surface area (Å²) in [7, 11) is -3.60. The summed E-state index contributed by atoms with van der Waals surface area (Å²) in [6.07, 6.45) is 2.67. The first kappa shape index (κ1) is 22.2. The maximum Gasteiger partial charge on any atom is 0.419 e. The van der Waals surface area contributed by atoms with Crippen molar-refractivity contribution in [1.82, 2.24) is 14.2 Å². The van der Waals surface area contributed by atoms with Gasteiger partial charge in [0.15, 0.2) is 5.58 Å². The number of oxazole rings is 1. The number of fused-ring (bicyclic) bond motifs is 2. The van der Waals surface area contributed by atoms with Gasteiger partial charge in [-0.3, -0.25) is 9.36 Å². The Kier molecular flexibility index (Phi) is 6.07. The molecule has 0 radical (unpaired) electrons. The molecule has 8 nitrogen and oxygen atoms in total. The van der Waals surface area contributed by atoms with Gasteiger partial charge in [0.1, 0.15) is 0 Å². The van der Waals surface area contributed by atoms with Crippen molar-refractivity contribution in [2.24, 2.45) is 0 Å². The van der Waals surface area contributed by atoms with Gasteiger partial charge in [-0.15, -0.1) is 11.8 Å². The third-order valence-electron chi connectivity index (χ3n) is 6.20. The Hall–Kier alpha value is -2.56. The lowest BCUT2D eigenvalue weighted by Crippen LogP contribution is -2.31. The van der Waals surface area contributed by atoms with Gasteiger partial charge in [0, 0.05) is 42.8 Å². The van der Waals surface area contributed by atoms with Crippen LogP contribution in [0, 0.1) is 0 Å². The fourth-order valence-corrected chi connectivity index (χ4v) is 7.13. The second-order valence-electron chi connectivity index (χ2n) is 8.31. The predicted octanol–water partition coefficient (Wildman–Crippen LogP) is 3.12. The topological polar surface area (TPSA) is 102 Å². The van der Waals surface area contributed by atoms with Crippen molar-refractivity contribution in [2.75, 3.05) is 18.8 Å². The first-order valence-corrected chi connectivity index (χ1v) is 13.5. The normalized spacial score (nSPS) is 19.0. The number of benzene rings is 2. The third kappa shape index (κ3) is 4.34. The molecule has 1 amide bonds. The molecule has 10 heteroatoms. The van der Waals surface area contributed by atoms with Gasteiger partial charge in [0.2, 0.25) is 15.9 Å². The molecule has 3 aromatic rings. The van der Waals surface area contributed by atoms with Gasteiger partial charge in [0.05, 0.1) is 16.5 Å². The van der Waals surface area contributed by atoms with Gasteiger partial charge in [-0.25, -0.2) is 13.2 Å². The van der Waals surface area contributed by atoms with Crippen LogP contribution in [0.3, 0.4) is 0 Å². The predicted molar refractivity (Wildman–Crippen MR) is 126 cm³/mol. The number of nitrogens with one attached hydrogen (secondary N) is 1. The number of hydrogen-bond donors (Lipinski definition) is 1. The monoisotopic (exact) mass is 487 g/mol. The number of thioether (sulfide) groups is 1. The Bertz CT molecular complexity index is 1360. The minimum absolute atomic E-state index is 0.0360. The Morgan fingerprint density at radius 1 is 1.15 bits per heavy atom. The Morgan fingerprint density at radius 3 is 2.76 bits per heavy atom. The summed E-state index contributed by atoms with van der Waals surface area (Å²) in [5, 5.41) is 3.08. The summed E-state index contributed by atoms with van der Waals surface area (Å²) >= 11 is 1.79. The van der Waals surface area contributed by atoms with Crippen LogP contribution in [0.4, 0.5) is 0 Å². The van der Waals surface area contributed by atoms with Crippen molar-refractivity contribution in [3.63, 3.8) is 0 Å². The van der Waals surface area contributed by atoms with E-state index in [2.05, 4.69) is 11.4 Å². The molecule has 1 N–H and O–H groups in total. The number of rotatable bonds is 6. The van der Waals surface area contributed by atoms with E-state index in [9.17, 15) is 18.0 Å². The van der Waals surface area contributed by atoms with Crippen LogP contribution in [0.15, 0.2) is 61.5 Å². The molecule has 1 atom stereocenters. The first-order chi connectivity index (χ1) is 15.9. The number of carbonyl (C=O) groups is 1. The molecule has 1 saturated heterocycles. The second kappa shape index (κ2) is 9.00. The van der Waals surface area contributed by atoms with Crippen molar-refractivity contribution in [3.8, 4) is 0 Å². The van der Waals surface area contributed by atoms with E-state index in [-0.39, 0.29) is 35.4 Å². The molecular formula is C23H25N3O5S2. The van der Waals surface area contributed by atoms with Gasteiger partial charge in [-0.05, 0) is 43.0 Å². The second-order valence-corrected chi connectivity index (χ2v) is 11.4. The zero-order valence-corrected chi connectivity index (χ0v) is 19.7. The molecule has 0 aliphatic carbocycles. The number of aromatic nitrogens is 1. The standard InChI is InChI=1S/C23H25N3O5S2/c27-22(24-18-10-14-32-21-6-2-1-5-17(18)21)9-13-26-19-8-7-16(15-20(19)31-23(26)28)33(29,30)25-11-3-4-12-25/h1-2,5-8,15,18H,3-4,9-14H2,(H,24,27). The maximum atomic E-state index is 12.8. The van der Waals surface area contributed by atoms with Crippen LogP contribution < -0.4 is 11.1 Å². The van der Waals surface area contributed by atoms with Crippen molar-refractivity contribution < 1.29 is 17.6 Å². The van der Waals surface area contributed by atoms with Crippen LogP contribution in [-0.4, -0.2) is 42.0 Å². The van der Waals surface area contributed by atoms with E-state index in [1.807, 2.05) is 18.2 Å². The molecule has 2 aliphatic rings. The van der Waals surface area contributed by atoms with E-state index in [4.69, 9.17) is 4.42 Å². The van der Waals surface area contributed by atoms with Crippen LogP contribution in [0.2, 0.25) is 0 Å². The van der Waals surface area contributed by atoms with Gasteiger partial charge in [0.25, 0.3) is 0 Å². The lowest BCUT2D eigenvalue weighted by atomic mass is 10.0. The summed E-state index contributed by atoms with van der Waals surface area (Å²) in [6.45, 7) is 1.16. The van der Waals surface area contributed by atoms with Crippen LogP contribution in [0.25, 0.3) is 11.1 Å². The zero-order chi connectivity index (χ0) is 23.0. The quantitative estimate of drug-likeness (QED) is 0.573. The molecule has 174 valence electrons. The van der Waals surface area contributed by atoms with Gasteiger partial charge in [-0.2, -0.15) is 4.31 Å². The smallest absolute Gasteiger partial charge is 0.408 e. The number of carbonyl (C=O) groups excluding carboxylic acids is 1. The SMILES string of the molecule is O=C(CCn1c(=O)oc2cc(S(=O)(=O)N3CCCC3)ccc21)NC1CCSc2ccccc21. The van der Waals surface area contributed by atoms with Crippen LogP contribution in [0.5, 0.6) is 0 Å². The molecule has 1 fully saturated rings. The summed E-state index contributed by atoms with van der Waals surface area (Å²) < 4.78 is 33.8. The van der Waals surface area contributed by atoms with Crippen molar-refractivity contribution in [3.05, 3.63) is 58.6 Å². The molecular weight excluding hydrogens is 462 g/mol. The molecule has 33 heavy (non-hydrogen) atoms. The fourth-order valence-electron chi connectivity index (χ4n) is 4.47. The van der Waals surface area contributed by atoms with E-state index < -0.39 is 15.8 Å². The lowest BCUT2D eigenvalue weighted by molar-refractivity contribution is -0.122. The molecule has 2 aliphatic heterocycles. The van der Waals surface area contributed by atoms with E-state index in [1.165, 1.54) is 25.9 Å². The van der Waals surface area contributed by atoms with E-state index in [0.717, 1.165) is 30.6 Å². The molecule has 0 saturated carbocycles. The van der Waals surface area contributed by atoms with E-state index >= 15 is 0 Å². The minimum Gasteiger partial charge on any atom is -0.408 e. The summed E-state index contributed by atoms with van der Waals surface area (Å²) in [6, 6.07) is 12.5. The minimum atomic E-state index is -3.60. The molecule has 0 bridgehead atoms. The highest BCUT2D eigenvalue weighted by molar-refractivity contribution is 7.99. The Labute approximate surface area is 196 Å². The van der Waals surface area contributed by atoms with Gasteiger partial charge < -0.3 is 9.73 Å². The Morgan fingerprint density at radius 2 is 1.94 bits per heavy atom. The van der Waals surface area contributed by atoms with E-state index in [0.29, 0.717) is 18.6 Å². The Balaban J connectivity index is 1.30. The third-order valence-corrected chi connectivity index (χ3v) is 9.22.